The van der Waals surface area contributed by atoms with Crippen molar-refractivity contribution in [2.45, 2.75) is 20.3 Å². The quantitative estimate of drug-likeness (QED) is 0.909. The van der Waals surface area contributed by atoms with Crippen LogP contribution in [0, 0.1) is 13.8 Å². The highest BCUT2D eigenvalue weighted by Crippen LogP contribution is 2.27. The number of nitrogens with zero attached hydrogens (tertiary/aromatic N) is 2. The Morgan fingerprint density at radius 2 is 2.19 bits per heavy atom. The molecular formula is C15H19ClN4O. The van der Waals surface area contributed by atoms with E-state index >= 15 is 0 Å². The van der Waals surface area contributed by atoms with Crippen molar-refractivity contribution in [2.24, 2.45) is 0 Å². The fourth-order valence-electron chi connectivity index (χ4n) is 2.03. The highest BCUT2D eigenvalue weighted by atomic mass is 35.5. The van der Waals surface area contributed by atoms with Gasteiger partial charge in [-0.25, -0.2) is 4.79 Å². The second kappa shape index (κ2) is 6.63. The van der Waals surface area contributed by atoms with Crippen molar-refractivity contribution < 1.29 is 4.79 Å². The number of rotatable bonds is 4. The maximum absolute atomic E-state index is 12.2. The lowest BCUT2D eigenvalue weighted by atomic mass is 10.1. The van der Waals surface area contributed by atoms with Crippen LogP contribution in [0.2, 0.25) is 5.02 Å². The molecule has 2 amide bonds. The zero-order valence-corrected chi connectivity index (χ0v) is 13.2. The second-order valence-electron chi connectivity index (χ2n) is 5.07. The Bertz CT molecular complexity index is 625. The third-order valence-corrected chi connectivity index (χ3v) is 3.89. The summed E-state index contributed by atoms with van der Waals surface area (Å²) in [4.78, 5) is 13.9. The molecule has 0 aliphatic heterocycles. The van der Waals surface area contributed by atoms with Crippen LogP contribution in [0.5, 0.6) is 0 Å². The van der Waals surface area contributed by atoms with Gasteiger partial charge < -0.3 is 10.2 Å². The number of halogens is 1. The molecule has 5 nitrogen and oxygen atoms in total. The number of benzene rings is 1. The second-order valence-corrected chi connectivity index (χ2v) is 5.48. The van der Waals surface area contributed by atoms with Gasteiger partial charge in [-0.2, -0.15) is 5.10 Å². The van der Waals surface area contributed by atoms with Crippen LogP contribution in [-0.4, -0.2) is 34.7 Å². The van der Waals surface area contributed by atoms with Crippen LogP contribution in [0.4, 0.5) is 10.5 Å². The molecule has 6 heteroatoms. The molecule has 1 aromatic carbocycles. The van der Waals surface area contributed by atoms with E-state index in [0.29, 0.717) is 11.6 Å². The Balaban J connectivity index is 1.99. The SMILES string of the molecule is Cc1ccc(Cl)c(C)c1NC(=O)N(C)CCc1cn[nH]c1. The number of carbonyl (C=O) groups is 1. The van der Waals surface area contributed by atoms with Crippen molar-refractivity contribution in [3.8, 4) is 0 Å². The molecule has 0 aliphatic carbocycles. The first kappa shape index (κ1) is 15.4. The Morgan fingerprint density at radius 1 is 1.43 bits per heavy atom. The average molecular weight is 307 g/mol. The lowest BCUT2D eigenvalue weighted by Gasteiger charge is -2.20. The molecule has 1 heterocycles. The molecule has 1 aromatic heterocycles. The van der Waals surface area contributed by atoms with Crippen LogP contribution in [-0.2, 0) is 6.42 Å². The third kappa shape index (κ3) is 3.76. The van der Waals surface area contributed by atoms with Crippen molar-refractivity contribution in [1.82, 2.24) is 15.1 Å². The van der Waals surface area contributed by atoms with Gasteiger partial charge in [-0.05, 0) is 43.0 Å². The van der Waals surface area contributed by atoms with E-state index in [9.17, 15) is 4.79 Å². The van der Waals surface area contributed by atoms with E-state index in [-0.39, 0.29) is 6.03 Å². The molecule has 2 N–H and O–H groups in total. The van der Waals surface area contributed by atoms with Crippen molar-refractivity contribution in [1.29, 1.82) is 0 Å². The Labute approximate surface area is 129 Å². The number of amides is 2. The number of hydrogen-bond donors (Lipinski definition) is 2. The number of aromatic amines is 1. The summed E-state index contributed by atoms with van der Waals surface area (Å²) in [5.41, 5.74) is 3.73. The standard InChI is InChI=1S/C15H19ClN4O/c1-10-4-5-13(16)11(2)14(10)19-15(21)20(3)7-6-12-8-17-18-9-12/h4-5,8-9H,6-7H2,1-3H3,(H,17,18)(H,19,21). The fraction of sp³-hybridized carbons (Fsp3) is 0.333. The number of aromatic nitrogens is 2. The van der Waals surface area contributed by atoms with Gasteiger partial charge >= 0.3 is 6.03 Å². The zero-order chi connectivity index (χ0) is 15.4. The summed E-state index contributed by atoms with van der Waals surface area (Å²) >= 11 is 6.10. The van der Waals surface area contributed by atoms with Crippen molar-refractivity contribution in [2.75, 3.05) is 18.9 Å². The van der Waals surface area contributed by atoms with Gasteiger partial charge in [-0.15, -0.1) is 0 Å². The Kier molecular flexibility index (Phi) is 4.85. The van der Waals surface area contributed by atoms with Gasteiger partial charge in [0.15, 0.2) is 0 Å². The minimum Gasteiger partial charge on any atom is -0.327 e. The summed E-state index contributed by atoms with van der Waals surface area (Å²) in [6.07, 6.45) is 4.35. The van der Waals surface area contributed by atoms with Crippen LogP contribution in [0.3, 0.4) is 0 Å². The molecule has 0 radical (unpaired) electrons. The molecule has 0 atom stereocenters. The molecule has 2 aromatic rings. The van der Waals surface area contributed by atoms with E-state index in [1.54, 1.807) is 18.1 Å². The van der Waals surface area contributed by atoms with Crippen molar-refractivity contribution >= 4 is 23.3 Å². The van der Waals surface area contributed by atoms with Gasteiger partial charge in [0.05, 0.1) is 6.20 Å². The van der Waals surface area contributed by atoms with E-state index in [1.807, 2.05) is 32.2 Å². The first-order valence-electron chi connectivity index (χ1n) is 6.74. The molecule has 112 valence electrons. The topological polar surface area (TPSA) is 61.0 Å². The van der Waals surface area contributed by atoms with E-state index in [4.69, 9.17) is 11.6 Å². The predicted molar refractivity (Wildman–Crippen MR) is 84.9 cm³/mol. The number of likely N-dealkylation sites (N-methyl/N-ethyl adjacent to an activating group) is 1. The van der Waals surface area contributed by atoms with E-state index in [2.05, 4.69) is 15.5 Å². The number of H-pyrrole nitrogens is 1. The highest BCUT2D eigenvalue weighted by molar-refractivity contribution is 6.31. The molecule has 0 unspecified atom stereocenters. The van der Waals surface area contributed by atoms with E-state index < -0.39 is 0 Å². The van der Waals surface area contributed by atoms with Crippen LogP contribution in [0.1, 0.15) is 16.7 Å². The highest BCUT2D eigenvalue weighted by Gasteiger charge is 2.13. The monoisotopic (exact) mass is 306 g/mol. The molecule has 0 saturated heterocycles. The van der Waals surface area contributed by atoms with Gasteiger partial charge in [-0.1, -0.05) is 17.7 Å². The van der Waals surface area contributed by atoms with Gasteiger partial charge in [0.1, 0.15) is 0 Å². The molecule has 0 spiro atoms. The summed E-state index contributed by atoms with van der Waals surface area (Å²) in [6, 6.07) is 3.59. The first-order valence-corrected chi connectivity index (χ1v) is 7.12. The average Bonchev–Trinajstić information content (AvgIpc) is 2.98. The molecule has 21 heavy (non-hydrogen) atoms. The lowest BCUT2D eigenvalue weighted by Crippen LogP contribution is -2.33. The van der Waals surface area contributed by atoms with Gasteiger partial charge in [0.25, 0.3) is 0 Å². The van der Waals surface area contributed by atoms with E-state index in [1.165, 1.54) is 0 Å². The van der Waals surface area contributed by atoms with Gasteiger partial charge in [0, 0.05) is 30.5 Å². The lowest BCUT2D eigenvalue weighted by molar-refractivity contribution is 0.223. The number of carbonyl (C=O) groups excluding carboxylic acids is 1. The number of urea groups is 1. The van der Waals surface area contributed by atoms with Crippen molar-refractivity contribution in [3.05, 3.63) is 46.2 Å². The van der Waals surface area contributed by atoms with Crippen LogP contribution >= 0.6 is 11.6 Å². The maximum Gasteiger partial charge on any atom is 0.321 e. The zero-order valence-electron chi connectivity index (χ0n) is 12.4. The minimum atomic E-state index is -0.146. The largest absolute Gasteiger partial charge is 0.327 e. The van der Waals surface area contributed by atoms with Gasteiger partial charge in [-0.3, -0.25) is 5.10 Å². The molecule has 0 fully saturated rings. The van der Waals surface area contributed by atoms with Crippen molar-refractivity contribution in [3.63, 3.8) is 0 Å². The summed E-state index contributed by atoms with van der Waals surface area (Å²) < 4.78 is 0. The summed E-state index contributed by atoms with van der Waals surface area (Å²) in [5, 5.41) is 10.2. The molecule has 2 rings (SSSR count). The molecular weight excluding hydrogens is 288 g/mol. The molecule has 0 aliphatic rings. The van der Waals surface area contributed by atoms with Crippen LogP contribution in [0.15, 0.2) is 24.5 Å². The first-order chi connectivity index (χ1) is 9.99. The van der Waals surface area contributed by atoms with Crippen LogP contribution < -0.4 is 5.32 Å². The molecule has 0 bridgehead atoms. The smallest absolute Gasteiger partial charge is 0.321 e. The number of aryl methyl sites for hydroxylation is 1. The normalized spacial score (nSPS) is 10.5. The Hall–Kier alpha value is -2.01. The predicted octanol–water partition coefficient (Wildman–Crippen LogP) is 3.39. The minimum absolute atomic E-state index is 0.146. The summed E-state index contributed by atoms with van der Waals surface area (Å²) in [6.45, 7) is 4.46. The summed E-state index contributed by atoms with van der Waals surface area (Å²) in [7, 11) is 1.77. The number of nitrogens with one attached hydrogen (secondary N) is 2. The van der Waals surface area contributed by atoms with Gasteiger partial charge in [0.2, 0.25) is 0 Å². The third-order valence-electron chi connectivity index (χ3n) is 3.48. The Morgan fingerprint density at radius 3 is 2.86 bits per heavy atom. The number of anilines is 1. The van der Waals surface area contributed by atoms with Crippen LogP contribution in [0.25, 0.3) is 0 Å². The summed E-state index contributed by atoms with van der Waals surface area (Å²) in [5.74, 6) is 0. The van der Waals surface area contributed by atoms with E-state index in [0.717, 1.165) is 28.8 Å². The maximum atomic E-state index is 12.2. The fourth-order valence-corrected chi connectivity index (χ4v) is 2.19. The number of hydrogen-bond acceptors (Lipinski definition) is 2. The molecule has 0 saturated carbocycles.